The Hall–Kier alpha value is -4.07. The Kier molecular flexibility index (Phi) is 6.77. The van der Waals surface area contributed by atoms with Crippen LogP contribution in [0, 0.1) is 0 Å². The first-order valence-corrected chi connectivity index (χ1v) is 14.7. The van der Waals surface area contributed by atoms with Gasteiger partial charge in [0.05, 0.1) is 35.7 Å². The van der Waals surface area contributed by atoms with Crippen molar-refractivity contribution in [2.75, 3.05) is 19.8 Å². The molecule has 8 heteroatoms. The van der Waals surface area contributed by atoms with Crippen molar-refractivity contribution in [3.8, 4) is 5.75 Å². The molecule has 6 nitrogen and oxygen atoms in total. The fraction of sp³-hybridized carbons (Fsp3) is 0.152. The lowest BCUT2D eigenvalue weighted by Crippen LogP contribution is -2.44. The maximum atomic E-state index is 6.85. The van der Waals surface area contributed by atoms with Gasteiger partial charge in [0.2, 0.25) is 0 Å². The van der Waals surface area contributed by atoms with Crippen LogP contribution in [0.3, 0.4) is 0 Å². The summed E-state index contributed by atoms with van der Waals surface area (Å²) in [5.41, 5.74) is 3.84. The predicted octanol–water partition coefficient (Wildman–Crippen LogP) is 5.49. The van der Waals surface area contributed by atoms with Crippen LogP contribution in [0.4, 0.5) is 0 Å². The van der Waals surface area contributed by atoms with E-state index < -0.39 is 5.54 Å². The molecule has 0 bridgehead atoms. The lowest BCUT2D eigenvalue weighted by Gasteiger charge is -2.39. The molecule has 0 atom stereocenters. The number of rotatable bonds is 6. The molecular weight excluding hydrogens is 598 g/mol. The number of halogens is 2. The SMILES string of the molecule is ClN1CN=c2cc(Br)cc3c2=C1N(Cc1cncn1C(c1ccccc1)(c1ccccc1)c1ccccc1)CCO3. The summed E-state index contributed by atoms with van der Waals surface area (Å²) < 4.78 is 11.2. The summed E-state index contributed by atoms with van der Waals surface area (Å²) in [5.74, 6) is 1.68. The molecular formula is C33H27BrClN5O. The van der Waals surface area contributed by atoms with Gasteiger partial charge in [0.15, 0.2) is 0 Å². The average Bonchev–Trinajstić information content (AvgIpc) is 3.39. The second-order valence-corrected chi connectivity index (χ2v) is 11.4. The lowest BCUT2D eigenvalue weighted by atomic mass is 9.76. The van der Waals surface area contributed by atoms with E-state index in [0.717, 1.165) is 49.0 Å². The molecule has 204 valence electrons. The molecule has 0 N–H and O–H groups in total. The van der Waals surface area contributed by atoms with Crippen molar-refractivity contribution in [3.63, 3.8) is 0 Å². The van der Waals surface area contributed by atoms with E-state index in [9.17, 15) is 0 Å². The Bertz CT molecular complexity index is 1710. The minimum Gasteiger partial charge on any atom is -0.491 e. The van der Waals surface area contributed by atoms with Crippen molar-refractivity contribution < 1.29 is 4.74 Å². The summed E-state index contributed by atoms with van der Waals surface area (Å²) in [7, 11) is 0. The van der Waals surface area contributed by atoms with Crippen molar-refractivity contribution in [2.45, 2.75) is 12.1 Å². The van der Waals surface area contributed by atoms with E-state index in [0.29, 0.717) is 26.4 Å². The molecule has 1 aromatic heterocycles. The van der Waals surface area contributed by atoms with Gasteiger partial charge in [0.25, 0.3) is 0 Å². The molecule has 0 radical (unpaired) electrons. The van der Waals surface area contributed by atoms with E-state index in [1.165, 1.54) is 0 Å². The summed E-state index contributed by atoms with van der Waals surface area (Å²) in [5, 5.41) is 1.78. The normalized spacial score (nSPS) is 14.6. The first-order chi connectivity index (χ1) is 20.2. The van der Waals surface area contributed by atoms with Crippen LogP contribution in [-0.4, -0.2) is 38.7 Å². The summed E-state index contributed by atoms with van der Waals surface area (Å²) in [4.78, 5) is 11.7. The maximum Gasteiger partial charge on any atom is 0.134 e. The summed E-state index contributed by atoms with van der Waals surface area (Å²) in [6.07, 6.45) is 3.91. The van der Waals surface area contributed by atoms with E-state index >= 15 is 0 Å². The van der Waals surface area contributed by atoms with Crippen molar-refractivity contribution in [1.82, 2.24) is 18.9 Å². The van der Waals surface area contributed by atoms with Crippen molar-refractivity contribution in [3.05, 3.63) is 153 Å². The highest BCUT2D eigenvalue weighted by molar-refractivity contribution is 9.10. The van der Waals surface area contributed by atoms with Gasteiger partial charge in [-0.25, -0.2) is 9.40 Å². The summed E-state index contributed by atoms with van der Waals surface area (Å²) >= 11 is 10.5. The van der Waals surface area contributed by atoms with Gasteiger partial charge >= 0.3 is 0 Å². The van der Waals surface area contributed by atoms with Gasteiger partial charge < -0.3 is 14.2 Å². The van der Waals surface area contributed by atoms with E-state index in [1.54, 1.807) is 4.42 Å². The molecule has 0 amide bonds. The van der Waals surface area contributed by atoms with Crippen LogP contribution in [0.5, 0.6) is 5.75 Å². The Morgan fingerprint density at radius 2 is 1.46 bits per heavy atom. The molecule has 4 aromatic carbocycles. The second kappa shape index (κ2) is 10.7. The quantitative estimate of drug-likeness (QED) is 0.185. The fourth-order valence-electron chi connectivity index (χ4n) is 6.09. The molecule has 0 fully saturated rings. The Morgan fingerprint density at radius 3 is 2.07 bits per heavy atom. The smallest absolute Gasteiger partial charge is 0.134 e. The highest BCUT2D eigenvalue weighted by Crippen LogP contribution is 2.42. The first kappa shape index (κ1) is 25.9. The molecule has 7 rings (SSSR count). The van der Waals surface area contributed by atoms with Crippen molar-refractivity contribution >= 4 is 33.5 Å². The summed E-state index contributed by atoms with van der Waals surface area (Å²) in [6, 6.07) is 36.0. The zero-order chi connectivity index (χ0) is 27.8. The van der Waals surface area contributed by atoms with E-state index in [-0.39, 0.29) is 0 Å². The number of ether oxygens (including phenoxy) is 1. The Labute approximate surface area is 252 Å². The first-order valence-electron chi connectivity index (χ1n) is 13.5. The van der Waals surface area contributed by atoms with E-state index in [2.05, 4.69) is 116 Å². The number of hydrogen-bond acceptors (Lipinski definition) is 5. The molecule has 0 unspecified atom stereocenters. The van der Waals surface area contributed by atoms with E-state index in [4.69, 9.17) is 26.5 Å². The lowest BCUT2D eigenvalue weighted by molar-refractivity contribution is 0.250. The number of aromatic nitrogens is 2. The molecule has 0 aliphatic carbocycles. The van der Waals surface area contributed by atoms with Crippen LogP contribution >= 0.6 is 27.7 Å². The minimum absolute atomic E-state index is 0.359. The second-order valence-electron chi connectivity index (χ2n) is 10.1. The summed E-state index contributed by atoms with van der Waals surface area (Å²) in [6.45, 7) is 2.11. The standard InChI is InChI=1S/C33H27BrClN5O/c34-27-18-29-31-30(19-27)41-17-16-38(32(31)40(35)23-37-29)21-28-20-36-22-39(28)33(24-10-4-1-5-11-24,25-12-6-2-7-13-25)26-14-8-3-9-15-26/h1-15,18-20,22H,16-17,21,23H2. The van der Waals surface area contributed by atoms with Crippen LogP contribution in [-0.2, 0) is 12.1 Å². The molecule has 41 heavy (non-hydrogen) atoms. The predicted molar refractivity (Wildman–Crippen MR) is 164 cm³/mol. The number of nitrogens with zero attached hydrogens (tertiary/aromatic N) is 5. The zero-order valence-corrected chi connectivity index (χ0v) is 24.5. The molecule has 3 heterocycles. The van der Waals surface area contributed by atoms with Crippen LogP contribution in [0.2, 0.25) is 0 Å². The topological polar surface area (TPSA) is 45.9 Å². The van der Waals surface area contributed by atoms with Crippen LogP contribution in [0.15, 0.2) is 125 Å². The molecule has 0 spiro atoms. The molecule has 2 aliphatic heterocycles. The van der Waals surface area contributed by atoms with Crippen LogP contribution in [0.1, 0.15) is 22.4 Å². The van der Waals surface area contributed by atoms with Gasteiger partial charge in [-0.2, -0.15) is 0 Å². The molecule has 5 aromatic rings. The molecule has 0 saturated heterocycles. The molecule has 2 aliphatic rings. The minimum atomic E-state index is -0.654. The van der Waals surface area contributed by atoms with Crippen LogP contribution < -0.4 is 15.3 Å². The number of hydrogen-bond donors (Lipinski definition) is 0. The van der Waals surface area contributed by atoms with Gasteiger partial charge in [0, 0.05) is 22.4 Å². The van der Waals surface area contributed by atoms with Crippen LogP contribution in [0.25, 0.3) is 5.82 Å². The Balaban J connectivity index is 1.44. The average molecular weight is 625 g/mol. The van der Waals surface area contributed by atoms with Gasteiger partial charge in [-0.15, -0.1) is 0 Å². The van der Waals surface area contributed by atoms with Crippen molar-refractivity contribution in [2.24, 2.45) is 4.99 Å². The van der Waals surface area contributed by atoms with Gasteiger partial charge in [-0.05, 0) is 28.8 Å². The van der Waals surface area contributed by atoms with Gasteiger partial charge in [-0.3, -0.25) is 4.99 Å². The Morgan fingerprint density at radius 1 is 0.854 bits per heavy atom. The third kappa shape index (κ3) is 4.40. The highest BCUT2D eigenvalue weighted by atomic mass is 79.9. The van der Waals surface area contributed by atoms with Gasteiger partial charge in [0.1, 0.15) is 30.4 Å². The molecule has 0 saturated carbocycles. The van der Waals surface area contributed by atoms with Gasteiger partial charge in [-0.1, -0.05) is 107 Å². The number of benzene rings is 4. The third-order valence-electron chi connectivity index (χ3n) is 7.79. The largest absolute Gasteiger partial charge is 0.491 e. The highest BCUT2D eigenvalue weighted by Gasteiger charge is 2.40. The van der Waals surface area contributed by atoms with Crippen molar-refractivity contribution in [1.29, 1.82) is 0 Å². The fourth-order valence-corrected chi connectivity index (χ4v) is 6.76. The monoisotopic (exact) mass is 623 g/mol. The maximum absolute atomic E-state index is 6.85. The zero-order valence-electron chi connectivity index (χ0n) is 22.2. The third-order valence-corrected chi connectivity index (χ3v) is 8.51. The number of imidazole rings is 1. The van der Waals surface area contributed by atoms with E-state index in [1.807, 2.05) is 24.7 Å².